The minimum Gasteiger partial charge on any atom is -0.478 e. The fourth-order valence-corrected chi connectivity index (χ4v) is 0.538. The Hall–Kier alpha value is -0.710. The summed E-state index contributed by atoms with van der Waals surface area (Å²) in [6.07, 6.45) is 0.833. The molecule has 0 saturated carbocycles. The number of hydrogen-bond donors (Lipinski definition) is 3. The third kappa shape index (κ3) is 22.8. The van der Waals surface area contributed by atoms with Crippen LogP contribution in [0.25, 0.3) is 0 Å². The van der Waals surface area contributed by atoms with Crippen LogP contribution in [0.4, 0.5) is 0 Å². The van der Waals surface area contributed by atoms with E-state index in [2.05, 4.69) is 10.9 Å². The van der Waals surface area contributed by atoms with Crippen molar-refractivity contribution in [1.82, 2.24) is 0 Å². The van der Waals surface area contributed by atoms with Gasteiger partial charge in [0.15, 0.2) is 4.31 Å². The third-order valence-corrected chi connectivity index (χ3v) is 1.43. The molecule has 9 heteroatoms. The molecule has 0 aliphatic heterocycles. The predicted octanol–water partition coefficient (Wildman–Crippen LogP) is 0.559. The quantitative estimate of drug-likeness (QED) is 0.465. The summed E-state index contributed by atoms with van der Waals surface area (Å²) >= 11 is 0. The SMILES string of the molecule is C=CC(=O)O.O=[P+](O)O[P+](=O)O. The van der Waals surface area contributed by atoms with Gasteiger partial charge in [-0.05, 0) is 0 Å². The highest BCUT2D eigenvalue weighted by atomic mass is 31.2. The molecule has 0 aromatic rings. The molecule has 0 saturated heterocycles. The van der Waals surface area contributed by atoms with Crippen molar-refractivity contribution in [3.8, 4) is 0 Å². The highest BCUT2D eigenvalue weighted by Crippen LogP contribution is 2.30. The van der Waals surface area contributed by atoms with Crippen molar-refractivity contribution in [2.45, 2.75) is 0 Å². The molecule has 2 unspecified atom stereocenters. The van der Waals surface area contributed by atoms with E-state index in [1.807, 2.05) is 0 Å². The van der Waals surface area contributed by atoms with Crippen LogP contribution in [0.15, 0.2) is 12.7 Å². The lowest BCUT2D eigenvalue weighted by atomic mass is 10.7. The molecule has 2 atom stereocenters. The predicted molar refractivity (Wildman–Crippen MR) is 38.6 cm³/mol. The standard InChI is InChI=1S/C3H4O2.O5P2/c1-2-3(4)5;1-6(2)5-7(3)4/h2H,1H2,(H,4,5);/p+2. The minimum absolute atomic E-state index is 0.833. The lowest BCUT2D eigenvalue weighted by Crippen LogP contribution is -1.82. The van der Waals surface area contributed by atoms with Crippen LogP contribution in [0, 0.1) is 0 Å². The molecular formula is C3H6O7P2+2. The van der Waals surface area contributed by atoms with E-state index in [9.17, 15) is 13.9 Å². The molecule has 0 spiro atoms. The van der Waals surface area contributed by atoms with Gasteiger partial charge < -0.3 is 5.11 Å². The molecule has 0 aromatic heterocycles. The summed E-state index contributed by atoms with van der Waals surface area (Å²) in [7, 11) is -5.85. The van der Waals surface area contributed by atoms with Gasteiger partial charge in [-0.25, -0.2) is 4.79 Å². The summed E-state index contributed by atoms with van der Waals surface area (Å²) in [5.74, 6) is -0.981. The van der Waals surface area contributed by atoms with Gasteiger partial charge in [0, 0.05) is 15.2 Å². The molecule has 0 aliphatic carbocycles. The molecule has 0 bridgehead atoms. The zero-order valence-corrected chi connectivity index (χ0v) is 7.44. The molecular weight excluding hydrogens is 210 g/mol. The van der Waals surface area contributed by atoms with Crippen LogP contribution in [0.5, 0.6) is 0 Å². The van der Waals surface area contributed by atoms with Gasteiger partial charge in [-0.15, -0.1) is 9.79 Å². The van der Waals surface area contributed by atoms with Crippen LogP contribution in [0.3, 0.4) is 0 Å². The molecule has 0 aromatic carbocycles. The maximum Gasteiger partial charge on any atom is 0.745 e. The summed E-state index contributed by atoms with van der Waals surface area (Å²) in [5.41, 5.74) is 0. The van der Waals surface area contributed by atoms with E-state index in [1.54, 1.807) is 0 Å². The van der Waals surface area contributed by atoms with E-state index >= 15 is 0 Å². The Kier molecular flexibility index (Phi) is 9.68. The van der Waals surface area contributed by atoms with E-state index in [4.69, 9.17) is 14.9 Å². The van der Waals surface area contributed by atoms with Crippen LogP contribution in [0.2, 0.25) is 0 Å². The van der Waals surface area contributed by atoms with Crippen LogP contribution < -0.4 is 0 Å². The van der Waals surface area contributed by atoms with E-state index in [-0.39, 0.29) is 0 Å². The first kappa shape index (κ1) is 13.9. The first-order valence-corrected chi connectivity index (χ1v) is 4.52. The van der Waals surface area contributed by atoms with Crippen molar-refractivity contribution in [1.29, 1.82) is 0 Å². The fraction of sp³-hybridized carbons (Fsp3) is 0. The molecule has 0 aliphatic rings. The average Bonchev–Trinajstić information content (AvgIpc) is 1.85. The van der Waals surface area contributed by atoms with Crippen molar-refractivity contribution in [2.24, 2.45) is 0 Å². The Labute approximate surface area is 69.2 Å². The average molecular weight is 216 g/mol. The molecule has 0 radical (unpaired) electrons. The number of aliphatic carboxylic acids is 1. The summed E-state index contributed by atoms with van der Waals surface area (Å²) in [6.45, 7) is 2.96. The topological polar surface area (TPSA) is 121 Å². The van der Waals surface area contributed by atoms with Gasteiger partial charge in [-0.3, -0.25) is 0 Å². The number of carbonyl (C=O) groups is 1. The summed E-state index contributed by atoms with van der Waals surface area (Å²) in [5, 5.41) is 7.60. The second kappa shape index (κ2) is 8.39. The van der Waals surface area contributed by atoms with Gasteiger partial charge in [0.2, 0.25) is 0 Å². The molecule has 7 nitrogen and oxygen atoms in total. The largest absolute Gasteiger partial charge is 0.745 e. The summed E-state index contributed by atoms with van der Waals surface area (Å²) in [4.78, 5) is 24.6. The summed E-state index contributed by atoms with van der Waals surface area (Å²) in [6, 6.07) is 0. The molecule has 0 fully saturated rings. The Morgan fingerprint density at radius 2 is 1.58 bits per heavy atom. The summed E-state index contributed by atoms with van der Waals surface area (Å²) < 4.78 is 22.2. The van der Waals surface area contributed by atoms with Crippen LogP contribution in [0.1, 0.15) is 0 Å². The van der Waals surface area contributed by atoms with Crippen molar-refractivity contribution in [3.63, 3.8) is 0 Å². The van der Waals surface area contributed by atoms with Gasteiger partial charge in [0.25, 0.3) is 0 Å². The Morgan fingerprint density at radius 3 is 1.58 bits per heavy atom. The first-order valence-electron chi connectivity index (χ1n) is 2.25. The van der Waals surface area contributed by atoms with Gasteiger partial charge >= 0.3 is 22.5 Å². The smallest absolute Gasteiger partial charge is 0.478 e. The second-order valence-electron chi connectivity index (χ2n) is 1.10. The van der Waals surface area contributed by atoms with E-state index in [0.717, 1.165) is 6.08 Å². The Bertz CT molecular complexity index is 187. The van der Waals surface area contributed by atoms with Crippen molar-refractivity contribution >= 4 is 22.5 Å². The normalized spacial score (nSPS) is 10.5. The third-order valence-electron chi connectivity index (χ3n) is 0.314. The second-order valence-corrected chi connectivity index (χ2v) is 2.70. The monoisotopic (exact) mass is 216 g/mol. The number of hydrogen-bond acceptors (Lipinski definition) is 4. The maximum absolute atomic E-state index is 9.39. The molecule has 0 rings (SSSR count). The lowest BCUT2D eigenvalue weighted by molar-refractivity contribution is -0.131. The minimum atomic E-state index is -2.92. The van der Waals surface area contributed by atoms with Crippen LogP contribution in [-0.2, 0) is 18.2 Å². The Morgan fingerprint density at radius 1 is 1.33 bits per heavy atom. The lowest BCUT2D eigenvalue weighted by Gasteiger charge is -1.64. The number of carboxylic acids is 1. The van der Waals surface area contributed by atoms with Gasteiger partial charge in [-0.1, -0.05) is 6.58 Å². The van der Waals surface area contributed by atoms with Gasteiger partial charge in [-0.2, -0.15) is 0 Å². The van der Waals surface area contributed by atoms with Gasteiger partial charge in [0.05, 0.1) is 0 Å². The zero-order valence-electron chi connectivity index (χ0n) is 5.65. The van der Waals surface area contributed by atoms with E-state index < -0.39 is 22.5 Å². The van der Waals surface area contributed by atoms with Crippen LogP contribution >= 0.6 is 16.5 Å². The first-order chi connectivity index (χ1) is 5.40. The molecule has 12 heavy (non-hydrogen) atoms. The number of rotatable bonds is 3. The fourth-order valence-electron chi connectivity index (χ4n) is 0.0598. The number of carboxylic acid groups (broad SMARTS) is 1. The van der Waals surface area contributed by atoms with Crippen molar-refractivity contribution in [2.75, 3.05) is 0 Å². The highest BCUT2D eigenvalue weighted by Gasteiger charge is 2.31. The molecule has 3 N–H and O–H groups in total. The van der Waals surface area contributed by atoms with E-state index in [0.29, 0.717) is 0 Å². The maximum atomic E-state index is 9.39. The van der Waals surface area contributed by atoms with Gasteiger partial charge in [0.1, 0.15) is 0 Å². The molecule has 0 heterocycles. The molecule has 0 amide bonds. The highest BCUT2D eigenvalue weighted by molar-refractivity contribution is 7.46. The molecule has 68 valence electrons. The Balaban J connectivity index is 0. The zero-order chi connectivity index (χ0) is 10.1. The van der Waals surface area contributed by atoms with Crippen molar-refractivity contribution in [3.05, 3.63) is 12.7 Å². The van der Waals surface area contributed by atoms with E-state index in [1.165, 1.54) is 0 Å². The van der Waals surface area contributed by atoms with Crippen LogP contribution in [-0.4, -0.2) is 20.9 Å². The van der Waals surface area contributed by atoms with Crippen molar-refractivity contribution < 1.29 is 33.1 Å².